The van der Waals surface area contributed by atoms with Crippen LogP contribution in [0.3, 0.4) is 0 Å². The van der Waals surface area contributed by atoms with E-state index in [2.05, 4.69) is 5.10 Å². The molecule has 1 aromatic rings. The first-order valence-electron chi connectivity index (χ1n) is 5.01. The van der Waals surface area contributed by atoms with Crippen molar-refractivity contribution in [2.75, 3.05) is 0 Å². The Morgan fingerprint density at radius 3 is 2.67 bits per heavy atom. The molecule has 0 unspecified atom stereocenters. The third-order valence-corrected chi connectivity index (χ3v) is 2.71. The number of hydrogen-bond donors (Lipinski definition) is 1. The zero-order chi connectivity index (χ0) is 10.8. The summed E-state index contributed by atoms with van der Waals surface area (Å²) in [6.45, 7) is 0. The van der Waals surface area contributed by atoms with Crippen LogP contribution in [0.4, 0.5) is 0 Å². The van der Waals surface area contributed by atoms with Crippen LogP contribution in [-0.4, -0.2) is 20.9 Å². The van der Waals surface area contributed by atoms with Crippen LogP contribution in [0.5, 0.6) is 0 Å². The molecule has 0 spiro atoms. The second-order valence-electron chi connectivity index (χ2n) is 3.74. The number of carboxylic acids is 1. The molecule has 80 valence electrons. The molecule has 1 heterocycles. The van der Waals surface area contributed by atoms with Crippen LogP contribution in [-0.2, 0) is 0 Å². The Bertz CT molecular complexity index is 433. The number of aromatic carboxylic acids is 1. The van der Waals surface area contributed by atoms with Crippen molar-refractivity contribution in [1.29, 1.82) is 0 Å². The Morgan fingerprint density at radius 1 is 1.40 bits per heavy atom. The molecule has 1 saturated carbocycles. The number of rotatable bonds is 2. The summed E-state index contributed by atoms with van der Waals surface area (Å²) in [7, 11) is 0. The number of carbonyl (C=O) groups is 1. The highest BCUT2D eigenvalue weighted by Crippen LogP contribution is 2.27. The zero-order valence-electron chi connectivity index (χ0n) is 8.22. The van der Waals surface area contributed by atoms with E-state index in [4.69, 9.17) is 5.11 Å². The Morgan fingerprint density at radius 2 is 2.07 bits per heavy atom. The summed E-state index contributed by atoms with van der Waals surface area (Å²) < 4.78 is 1.32. The van der Waals surface area contributed by atoms with Crippen molar-refractivity contribution in [1.82, 2.24) is 9.78 Å². The first-order chi connectivity index (χ1) is 7.18. The summed E-state index contributed by atoms with van der Waals surface area (Å²) >= 11 is 0. The predicted molar refractivity (Wildman–Crippen MR) is 53.0 cm³/mol. The highest BCUT2D eigenvalue weighted by molar-refractivity contribution is 5.84. The lowest BCUT2D eigenvalue weighted by molar-refractivity contribution is 0.0686. The van der Waals surface area contributed by atoms with Gasteiger partial charge in [0, 0.05) is 6.07 Å². The number of carboxylic acid groups (broad SMARTS) is 1. The lowest BCUT2D eigenvalue weighted by atomic mass is 10.2. The normalized spacial score (nSPS) is 16.8. The summed E-state index contributed by atoms with van der Waals surface area (Å²) in [6.07, 6.45) is 3.98. The molecule has 0 atom stereocenters. The SMILES string of the molecule is O=C(O)c1ccc(=O)n(C2CCCC2)n1. The minimum Gasteiger partial charge on any atom is -0.476 e. The van der Waals surface area contributed by atoms with Gasteiger partial charge >= 0.3 is 5.97 Å². The summed E-state index contributed by atoms with van der Waals surface area (Å²) in [5.74, 6) is -1.10. The molecule has 15 heavy (non-hydrogen) atoms. The van der Waals surface area contributed by atoms with Crippen LogP contribution in [0.1, 0.15) is 42.2 Å². The van der Waals surface area contributed by atoms with Gasteiger partial charge in [-0.3, -0.25) is 4.79 Å². The number of aromatic nitrogens is 2. The van der Waals surface area contributed by atoms with Crippen molar-refractivity contribution in [3.8, 4) is 0 Å². The maximum Gasteiger partial charge on any atom is 0.356 e. The quantitative estimate of drug-likeness (QED) is 0.788. The van der Waals surface area contributed by atoms with Gasteiger partial charge in [-0.15, -0.1) is 0 Å². The van der Waals surface area contributed by atoms with E-state index in [1.165, 1.54) is 16.8 Å². The third kappa shape index (κ3) is 1.91. The van der Waals surface area contributed by atoms with Gasteiger partial charge in [0.15, 0.2) is 5.69 Å². The fraction of sp³-hybridized carbons (Fsp3) is 0.500. The molecule has 1 fully saturated rings. The van der Waals surface area contributed by atoms with Crippen LogP contribution in [0.25, 0.3) is 0 Å². The maximum absolute atomic E-state index is 11.5. The van der Waals surface area contributed by atoms with Gasteiger partial charge < -0.3 is 5.11 Å². The molecule has 5 nitrogen and oxygen atoms in total. The van der Waals surface area contributed by atoms with Crippen LogP contribution < -0.4 is 5.56 Å². The average molecular weight is 208 g/mol. The van der Waals surface area contributed by atoms with Crippen LogP contribution in [0, 0.1) is 0 Å². The van der Waals surface area contributed by atoms with Gasteiger partial charge in [0.1, 0.15) is 0 Å². The summed E-state index contributed by atoms with van der Waals surface area (Å²) in [5.41, 5.74) is -0.284. The van der Waals surface area contributed by atoms with Gasteiger partial charge in [-0.1, -0.05) is 12.8 Å². The molecule has 0 bridgehead atoms. The Hall–Kier alpha value is -1.65. The van der Waals surface area contributed by atoms with Crippen molar-refractivity contribution in [2.24, 2.45) is 0 Å². The lowest BCUT2D eigenvalue weighted by Gasteiger charge is -2.11. The van der Waals surface area contributed by atoms with E-state index in [1.54, 1.807) is 0 Å². The first kappa shape index (κ1) is 9.89. The fourth-order valence-electron chi connectivity index (χ4n) is 1.95. The highest BCUT2D eigenvalue weighted by atomic mass is 16.4. The summed E-state index contributed by atoms with van der Waals surface area (Å²) in [6, 6.07) is 2.60. The van der Waals surface area contributed by atoms with E-state index >= 15 is 0 Å². The maximum atomic E-state index is 11.5. The molecular weight excluding hydrogens is 196 g/mol. The van der Waals surface area contributed by atoms with Crippen molar-refractivity contribution in [3.63, 3.8) is 0 Å². The van der Waals surface area contributed by atoms with E-state index in [9.17, 15) is 9.59 Å². The Kier molecular flexibility index (Phi) is 2.53. The van der Waals surface area contributed by atoms with E-state index in [0.717, 1.165) is 25.7 Å². The highest BCUT2D eigenvalue weighted by Gasteiger charge is 2.19. The van der Waals surface area contributed by atoms with E-state index in [-0.39, 0.29) is 17.3 Å². The smallest absolute Gasteiger partial charge is 0.356 e. The molecule has 0 saturated heterocycles. The fourth-order valence-corrected chi connectivity index (χ4v) is 1.95. The monoisotopic (exact) mass is 208 g/mol. The van der Waals surface area contributed by atoms with E-state index in [0.29, 0.717) is 0 Å². The van der Waals surface area contributed by atoms with Gasteiger partial charge in [-0.25, -0.2) is 9.48 Å². The number of nitrogens with zero attached hydrogens (tertiary/aromatic N) is 2. The topological polar surface area (TPSA) is 72.2 Å². The molecular formula is C10H12N2O3. The first-order valence-corrected chi connectivity index (χ1v) is 5.01. The molecule has 5 heteroatoms. The molecule has 1 N–H and O–H groups in total. The van der Waals surface area contributed by atoms with E-state index in [1.807, 2.05) is 0 Å². The summed E-state index contributed by atoms with van der Waals surface area (Å²) in [5, 5.41) is 12.6. The van der Waals surface area contributed by atoms with E-state index < -0.39 is 5.97 Å². The molecule has 1 aliphatic rings. The lowest BCUT2D eigenvalue weighted by Crippen LogP contribution is -2.27. The van der Waals surface area contributed by atoms with Gasteiger partial charge in [-0.2, -0.15) is 5.10 Å². The Labute approximate surface area is 86.4 Å². The van der Waals surface area contributed by atoms with Crippen LogP contribution in [0.15, 0.2) is 16.9 Å². The van der Waals surface area contributed by atoms with Crippen LogP contribution in [0.2, 0.25) is 0 Å². The zero-order valence-corrected chi connectivity index (χ0v) is 8.22. The number of hydrogen-bond acceptors (Lipinski definition) is 3. The minimum atomic E-state index is -1.10. The van der Waals surface area contributed by atoms with Crippen molar-refractivity contribution < 1.29 is 9.90 Å². The van der Waals surface area contributed by atoms with Gasteiger partial charge in [-0.05, 0) is 18.9 Å². The largest absolute Gasteiger partial charge is 0.476 e. The van der Waals surface area contributed by atoms with Crippen molar-refractivity contribution >= 4 is 5.97 Å². The second kappa shape index (κ2) is 3.84. The van der Waals surface area contributed by atoms with Gasteiger partial charge in [0.05, 0.1) is 6.04 Å². The standard InChI is InChI=1S/C10H12N2O3/c13-9-6-5-8(10(14)15)11-12(9)7-3-1-2-4-7/h5-7H,1-4H2,(H,14,15). The molecule has 0 aromatic carbocycles. The van der Waals surface area contributed by atoms with Gasteiger partial charge in [0.25, 0.3) is 5.56 Å². The summed E-state index contributed by atoms with van der Waals surface area (Å²) in [4.78, 5) is 22.2. The predicted octanol–water partition coefficient (Wildman–Crippen LogP) is 1.06. The van der Waals surface area contributed by atoms with Crippen molar-refractivity contribution in [2.45, 2.75) is 31.7 Å². The van der Waals surface area contributed by atoms with Gasteiger partial charge in [0.2, 0.25) is 0 Å². The molecule has 2 rings (SSSR count). The molecule has 1 aliphatic carbocycles. The second-order valence-corrected chi connectivity index (χ2v) is 3.74. The average Bonchev–Trinajstić information content (AvgIpc) is 2.71. The minimum absolute atomic E-state index is 0.0681. The Balaban J connectivity index is 2.40. The third-order valence-electron chi connectivity index (χ3n) is 2.71. The molecule has 0 radical (unpaired) electrons. The molecule has 0 aliphatic heterocycles. The molecule has 0 amide bonds. The van der Waals surface area contributed by atoms with Crippen molar-refractivity contribution in [3.05, 3.63) is 28.2 Å². The molecule has 1 aromatic heterocycles. The van der Waals surface area contributed by atoms with Crippen LogP contribution >= 0.6 is 0 Å².